The van der Waals surface area contributed by atoms with Gasteiger partial charge in [-0.1, -0.05) is 31.2 Å². The van der Waals surface area contributed by atoms with Crippen molar-refractivity contribution >= 4 is 27.5 Å². The Hall–Kier alpha value is -1.90. The van der Waals surface area contributed by atoms with Gasteiger partial charge in [0.15, 0.2) is 0 Å². The molecule has 142 valence electrons. The van der Waals surface area contributed by atoms with Gasteiger partial charge in [-0.2, -0.15) is 0 Å². The number of hydrogen-bond acceptors (Lipinski definition) is 5. The molecule has 2 aromatic rings. The largest absolute Gasteiger partial charge is 0.453 e. The van der Waals surface area contributed by atoms with Crippen molar-refractivity contribution in [3.05, 3.63) is 52.4 Å². The maximum Gasteiger partial charge on any atom is 0.406 e. The summed E-state index contributed by atoms with van der Waals surface area (Å²) in [6.07, 6.45) is 0.992. The van der Waals surface area contributed by atoms with Gasteiger partial charge in [0.1, 0.15) is 4.21 Å². The van der Waals surface area contributed by atoms with Crippen molar-refractivity contribution < 1.29 is 17.9 Å². The third kappa shape index (κ3) is 5.55. The Labute approximate surface area is 158 Å². The normalized spacial score (nSPS) is 12.6. The summed E-state index contributed by atoms with van der Waals surface area (Å²) in [6.45, 7) is 4.30. The van der Waals surface area contributed by atoms with Gasteiger partial charge in [-0.25, -0.2) is 17.9 Å². The SMILES string of the molecule is CCc1ccc([C@@H](C)NS(=O)(=O)c2ccc(CCNC(=O)OC)s2)cc1. The molecule has 1 aromatic heterocycles. The average Bonchev–Trinajstić information content (AvgIpc) is 3.11. The van der Waals surface area contributed by atoms with Crippen LogP contribution in [0.2, 0.25) is 0 Å². The van der Waals surface area contributed by atoms with Gasteiger partial charge < -0.3 is 10.1 Å². The summed E-state index contributed by atoms with van der Waals surface area (Å²) in [5.74, 6) is 0. The molecule has 0 fully saturated rings. The first-order valence-electron chi connectivity index (χ1n) is 8.37. The predicted octanol–water partition coefficient (Wildman–Crippen LogP) is 3.25. The molecule has 0 unspecified atom stereocenters. The van der Waals surface area contributed by atoms with Crippen LogP contribution in [0.1, 0.15) is 35.9 Å². The number of amides is 1. The van der Waals surface area contributed by atoms with Gasteiger partial charge >= 0.3 is 6.09 Å². The van der Waals surface area contributed by atoms with E-state index in [2.05, 4.69) is 21.7 Å². The Morgan fingerprint density at radius 3 is 2.50 bits per heavy atom. The first-order valence-corrected chi connectivity index (χ1v) is 10.7. The number of carbonyl (C=O) groups is 1. The smallest absolute Gasteiger partial charge is 0.406 e. The van der Waals surface area contributed by atoms with Crippen LogP contribution in [0, 0.1) is 0 Å². The Morgan fingerprint density at radius 2 is 1.88 bits per heavy atom. The molecule has 0 spiro atoms. The first-order chi connectivity index (χ1) is 12.4. The van der Waals surface area contributed by atoms with E-state index in [0.29, 0.717) is 13.0 Å². The van der Waals surface area contributed by atoms with E-state index in [0.717, 1.165) is 16.9 Å². The van der Waals surface area contributed by atoms with Crippen molar-refractivity contribution in [2.45, 2.75) is 36.9 Å². The number of nitrogens with one attached hydrogen (secondary N) is 2. The number of hydrogen-bond donors (Lipinski definition) is 2. The number of aryl methyl sites for hydroxylation is 1. The lowest BCUT2D eigenvalue weighted by atomic mass is 10.1. The second kappa shape index (κ2) is 9.16. The third-order valence-corrected chi connectivity index (χ3v) is 7.13. The molecule has 0 saturated carbocycles. The van der Waals surface area contributed by atoms with Crippen molar-refractivity contribution in [3.8, 4) is 0 Å². The van der Waals surface area contributed by atoms with Crippen LogP contribution in [-0.4, -0.2) is 28.2 Å². The number of carbonyl (C=O) groups excluding carboxylic acids is 1. The number of methoxy groups -OCH3 is 1. The van der Waals surface area contributed by atoms with Crippen molar-refractivity contribution in [1.29, 1.82) is 0 Å². The van der Waals surface area contributed by atoms with E-state index in [4.69, 9.17) is 0 Å². The molecule has 26 heavy (non-hydrogen) atoms. The van der Waals surface area contributed by atoms with Gasteiger partial charge in [0.2, 0.25) is 0 Å². The number of rotatable bonds is 8. The highest BCUT2D eigenvalue weighted by atomic mass is 32.2. The molecule has 2 rings (SSSR count). The van der Waals surface area contributed by atoms with Crippen LogP contribution < -0.4 is 10.0 Å². The fraction of sp³-hybridized carbons (Fsp3) is 0.389. The molecule has 1 heterocycles. The van der Waals surface area contributed by atoms with Gasteiger partial charge in [0.05, 0.1) is 7.11 Å². The molecule has 1 amide bonds. The summed E-state index contributed by atoms with van der Waals surface area (Å²) in [4.78, 5) is 11.9. The molecular weight excluding hydrogens is 372 g/mol. The average molecular weight is 397 g/mol. The van der Waals surface area contributed by atoms with Crippen LogP contribution in [0.5, 0.6) is 0 Å². The molecule has 1 aromatic carbocycles. The van der Waals surface area contributed by atoms with E-state index in [-0.39, 0.29) is 10.3 Å². The number of alkyl carbamates (subject to hydrolysis) is 1. The maximum atomic E-state index is 12.6. The van der Waals surface area contributed by atoms with Crippen molar-refractivity contribution in [2.24, 2.45) is 0 Å². The summed E-state index contributed by atoms with van der Waals surface area (Å²) < 4.78 is 32.7. The lowest BCUT2D eigenvalue weighted by Crippen LogP contribution is -2.26. The Kier molecular flexibility index (Phi) is 7.19. The molecule has 8 heteroatoms. The summed E-state index contributed by atoms with van der Waals surface area (Å²) in [7, 11) is -2.29. The van der Waals surface area contributed by atoms with Crippen LogP contribution in [-0.2, 0) is 27.6 Å². The van der Waals surface area contributed by atoms with Crippen molar-refractivity contribution in [1.82, 2.24) is 10.0 Å². The second-order valence-corrected chi connectivity index (χ2v) is 8.94. The van der Waals surface area contributed by atoms with E-state index >= 15 is 0 Å². The van der Waals surface area contributed by atoms with E-state index in [1.54, 1.807) is 12.1 Å². The molecular formula is C18H24N2O4S2. The molecule has 0 aliphatic rings. The van der Waals surface area contributed by atoms with E-state index in [1.807, 2.05) is 31.2 Å². The van der Waals surface area contributed by atoms with Gasteiger partial charge in [-0.05, 0) is 43.0 Å². The minimum absolute atomic E-state index is 0.266. The lowest BCUT2D eigenvalue weighted by Gasteiger charge is -2.14. The number of thiophene rings is 1. The van der Waals surface area contributed by atoms with E-state index in [1.165, 1.54) is 24.0 Å². The zero-order chi connectivity index (χ0) is 19.2. The number of ether oxygens (including phenoxy) is 1. The molecule has 6 nitrogen and oxygen atoms in total. The fourth-order valence-corrected chi connectivity index (χ4v) is 5.00. The second-order valence-electron chi connectivity index (χ2n) is 5.83. The lowest BCUT2D eigenvalue weighted by molar-refractivity contribution is 0.171. The van der Waals surface area contributed by atoms with Crippen molar-refractivity contribution in [2.75, 3.05) is 13.7 Å². The highest BCUT2D eigenvalue weighted by molar-refractivity contribution is 7.91. The highest BCUT2D eigenvalue weighted by Crippen LogP contribution is 2.24. The monoisotopic (exact) mass is 396 g/mol. The minimum Gasteiger partial charge on any atom is -0.453 e. The standard InChI is InChI=1S/C18H24N2O4S2/c1-4-14-5-7-15(8-6-14)13(2)20-26(22,23)17-10-9-16(25-17)11-12-19-18(21)24-3/h5-10,13,20H,4,11-12H2,1-3H3,(H,19,21)/t13-/m1/s1. The van der Waals surface area contributed by atoms with Gasteiger partial charge in [0.25, 0.3) is 10.0 Å². The van der Waals surface area contributed by atoms with Crippen LogP contribution in [0.25, 0.3) is 0 Å². The Bertz CT molecular complexity index is 829. The number of sulfonamides is 1. The Balaban J connectivity index is 1.99. The molecule has 1 atom stereocenters. The molecule has 0 bridgehead atoms. The maximum absolute atomic E-state index is 12.6. The van der Waals surface area contributed by atoms with Gasteiger partial charge in [-0.3, -0.25) is 0 Å². The van der Waals surface area contributed by atoms with Gasteiger partial charge in [0, 0.05) is 17.5 Å². The topological polar surface area (TPSA) is 84.5 Å². The van der Waals surface area contributed by atoms with Crippen LogP contribution >= 0.6 is 11.3 Å². The molecule has 0 aliphatic heterocycles. The summed E-state index contributed by atoms with van der Waals surface area (Å²) in [6, 6.07) is 11.0. The van der Waals surface area contributed by atoms with Gasteiger partial charge in [-0.15, -0.1) is 11.3 Å². The van der Waals surface area contributed by atoms with E-state index < -0.39 is 16.1 Å². The van der Waals surface area contributed by atoms with Crippen LogP contribution in [0.3, 0.4) is 0 Å². The molecule has 2 N–H and O–H groups in total. The zero-order valence-corrected chi connectivity index (χ0v) is 16.7. The van der Waals surface area contributed by atoms with Crippen LogP contribution in [0.15, 0.2) is 40.6 Å². The molecule has 0 aliphatic carbocycles. The predicted molar refractivity (Wildman–Crippen MR) is 103 cm³/mol. The zero-order valence-electron chi connectivity index (χ0n) is 15.1. The molecule has 0 radical (unpaired) electrons. The third-order valence-electron chi connectivity index (χ3n) is 3.95. The van der Waals surface area contributed by atoms with E-state index in [9.17, 15) is 13.2 Å². The highest BCUT2D eigenvalue weighted by Gasteiger charge is 2.20. The van der Waals surface area contributed by atoms with Crippen LogP contribution in [0.4, 0.5) is 4.79 Å². The summed E-state index contributed by atoms with van der Waals surface area (Å²) in [5.41, 5.74) is 2.14. The first kappa shape index (κ1) is 20.4. The summed E-state index contributed by atoms with van der Waals surface area (Å²) >= 11 is 1.20. The minimum atomic E-state index is -3.59. The quantitative estimate of drug-likeness (QED) is 0.717. The fourth-order valence-electron chi connectivity index (χ4n) is 2.40. The van der Waals surface area contributed by atoms with Crippen molar-refractivity contribution in [3.63, 3.8) is 0 Å². The Morgan fingerprint density at radius 1 is 1.19 bits per heavy atom. The summed E-state index contributed by atoms with van der Waals surface area (Å²) in [5, 5.41) is 2.57. The number of benzene rings is 1. The molecule has 0 saturated heterocycles.